The summed E-state index contributed by atoms with van der Waals surface area (Å²) in [6.45, 7) is 3.55. The van der Waals surface area contributed by atoms with Crippen molar-refractivity contribution in [2.45, 2.75) is 6.42 Å². The zero-order valence-corrected chi connectivity index (χ0v) is 12.5. The third-order valence-electron chi connectivity index (χ3n) is 4.16. The van der Waals surface area contributed by atoms with E-state index < -0.39 is 5.82 Å². The van der Waals surface area contributed by atoms with Crippen molar-refractivity contribution in [2.75, 3.05) is 26.2 Å². The number of benzene rings is 1. The zero-order valence-electron chi connectivity index (χ0n) is 10.9. The molecule has 6 heteroatoms. The van der Waals surface area contributed by atoms with Crippen molar-refractivity contribution in [3.8, 4) is 0 Å². The maximum atomic E-state index is 13.4. The molecule has 0 bridgehead atoms. The first-order chi connectivity index (χ1) is 9.15. The van der Waals surface area contributed by atoms with E-state index in [9.17, 15) is 9.18 Å². The number of fused-ring (bicyclic) bond motifs is 1. The molecule has 0 radical (unpaired) electrons. The van der Waals surface area contributed by atoms with E-state index in [1.54, 1.807) is 6.07 Å². The largest absolute Gasteiger partial charge is 0.338 e. The Morgan fingerprint density at radius 1 is 1.35 bits per heavy atom. The SMILES string of the molecule is Cl.O=C(c1ccc(Cl)c(F)c1)N1CCC2CNCC2C1. The Morgan fingerprint density at radius 2 is 2.10 bits per heavy atom. The fourth-order valence-corrected chi connectivity index (χ4v) is 3.15. The molecule has 20 heavy (non-hydrogen) atoms. The predicted octanol–water partition coefficient (Wildman–Crippen LogP) is 2.58. The van der Waals surface area contributed by atoms with Crippen LogP contribution in [0.3, 0.4) is 0 Å². The molecule has 3 rings (SSSR count). The molecule has 1 N–H and O–H groups in total. The van der Waals surface area contributed by atoms with E-state index in [0.29, 0.717) is 17.4 Å². The van der Waals surface area contributed by atoms with Gasteiger partial charge in [-0.1, -0.05) is 11.6 Å². The monoisotopic (exact) mass is 318 g/mol. The van der Waals surface area contributed by atoms with Gasteiger partial charge in [-0.15, -0.1) is 12.4 Å². The highest BCUT2D eigenvalue weighted by atomic mass is 35.5. The molecule has 0 aromatic heterocycles. The van der Waals surface area contributed by atoms with E-state index in [-0.39, 0.29) is 23.3 Å². The van der Waals surface area contributed by atoms with E-state index in [2.05, 4.69) is 5.32 Å². The van der Waals surface area contributed by atoms with Crippen molar-refractivity contribution in [3.05, 3.63) is 34.6 Å². The van der Waals surface area contributed by atoms with Crippen LogP contribution in [0.1, 0.15) is 16.8 Å². The second kappa shape index (κ2) is 6.29. The van der Waals surface area contributed by atoms with Gasteiger partial charge in [0.1, 0.15) is 5.82 Å². The highest BCUT2D eigenvalue weighted by Gasteiger charge is 2.34. The third kappa shape index (κ3) is 2.92. The van der Waals surface area contributed by atoms with Gasteiger partial charge in [0.2, 0.25) is 0 Å². The van der Waals surface area contributed by atoms with E-state index in [1.165, 1.54) is 12.1 Å². The van der Waals surface area contributed by atoms with Gasteiger partial charge in [-0.3, -0.25) is 4.79 Å². The summed E-state index contributed by atoms with van der Waals surface area (Å²) in [7, 11) is 0. The van der Waals surface area contributed by atoms with Crippen molar-refractivity contribution in [3.63, 3.8) is 0 Å². The van der Waals surface area contributed by atoms with Crippen LogP contribution in [0.4, 0.5) is 4.39 Å². The number of carbonyl (C=O) groups excluding carboxylic acids is 1. The number of hydrogen-bond acceptors (Lipinski definition) is 2. The van der Waals surface area contributed by atoms with Gasteiger partial charge in [-0.25, -0.2) is 4.39 Å². The Balaban J connectivity index is 0.00000147. The van der Waals surface area contributed by atoms with Gasteiger partial charge in [0, 0.05) is 18.7 Å². The number of amides is 1. The van der Waals surface area contributed by atoms with Gasteiger partial charge in [0.15, 0.2) is 0 Å². The molecule has 1 amide bonds. The van der Waals surface area contributed by atoms with Crippen LogP contribution in [0.15, 0.2) is 18.2 Å². The first kappa shape index (κ1) is 15.5. The lowest BCUT2D eigenvalue weighted by Gasteiger charge is -2.34. The molecule has 2 heterocycles. The van der Waals surface area contributed by atoms with Gasteiger partial charge < -0.3 is 10.2 Å². The summed E-state index contributed by atoms with van der Waals surface area (Å²) >= 11 is 5.64. The Labute approximate surface area is 128 Å². The lowest BCUT2D eigenvalue weighted by molar-refractivity contribution is 0.0642. The molecule has 2 unspecified atom stereocenters. The molecule has 0 aliphatic carbocycles. The Morgan fingerprint density at radius 3 is 2.85 bits per heavy atom. The molecule has 1 aromatic rings. The van der Waals surface area contributed by atoms with Crippen LogP contribution in [0.5, 0.6) is 0 Å². The highest BCUT2D eigenvalue weighted by Crippen LogP contribution is 2.27. The van der Waals surface area contributed by atoms with Gasteiger partial charge in [-0.05, 0) is 49.5 Å². The molecule has 2 aliphatic rings. The second-order valence-corrected chi connectivity index (χ2v) is 5.75. The van der Waals surface area contributed by atoms with E-state index in [0.717, 1.165) is 32.6 Å². The molecule has 2 atom stereocenters. The summed E-state index contributed by atoms with van der Waals surface area (Å²) in [5.41, 5.74) is 0.381. The summed E-state index contributed by atoms with van der Waals surface area (Å²) in [4.78, 5) is 14.2. The Hall–Kier alpha value is -0.840. The van der Waals surface area contributed by atoms with E-state index >= 15 is 0 Å². The van der Waals surface area contributed by atoms with Gasteiger partial charge in [0.05, 0.1) is 5.02 Å². The first-order valence-corrected chi connectivity index (χ1v) is 6.98. The van der Waals surface area contributed by atoms with E-state index in [1.807, 2.05) is 4.90 Å². The van der Waals surface area contributed by atoms with Crippen molar-refractivity contribution >= 4 is 29.9 Å². The fourth-order valence-electron chi connectivity index (χ4n) is 3.03. The number of rotatable bonds is 1. The summed E-state index contributed by atoms with van der Waals surface area (Å²) in [5, 5.41) is 3.42. The number of likely N-dealkylation sites (tertiary alicyclic amines) is 1. The number of halogens is 3. The van der Waals surface area contributed by atoms with Crippen LogP contribution in [0.25, 0.3) is 0 Å². The second-order valence-electron chi connectivity index (χ2n) is 5.35. The lowest BCUT2D eigenvalue weighted by atomic mass is 9.88. The molecule has 110 valence electrons. The molecule has 1 aromatic carbocycles. The van der Waals surface area contributed by atoms with Crippen molar-refractivity contribution < 1.29 is 9.18 Å². The standard InChI is InChI=1S/C14H16ClFN2O.ClH/c15-12-2-1-9(5-13(12)16)14(19)18-4-3-10-6-17-7-11(10)8-18;/h1-2,5,10-11,17H,3-4,6-8H2;1H. The molecule has 2 saturated heterocycles. The quantitative estimate of drug-likeness (QED) is 0.863. The summed E-state index contributed by atoms with van der Waals surface area (Å²) in [6, 6.07) is 4.25. The van der Waals surface area contributed by atoms with Crippen LogP contribution >= 0.6 is 24.0 Å². The predicted molar refractivity (Wildman–Crippen MR) is 79.0 cm³/mol. The minimum atomic E-state index is -0.537. The molecule has 3 nitrogen and oxygen atoms in total. The molecule has 2 fully saturated rings. The van der Waals surface area contributed by atoms with Gasteiger partial charge in [-0.2, -0.15) is 0 Å². The maximum absolute atomic E-state index is 13.4. The average molecular weight is 319 g/mol. The topological polar surface area (TPSA) is 32.3 Å². The summed E-state index contributed by atoms with van der Waals surface area (Å²) in [6.07, 6.45) is 1.03. The smallest absolute Gasteiger partial charge is 0.253 e. The number of carbonyl (C=O) groups is 1. The summed E-state index contributed by atoms with van der Waals surface area (Å²) in [5.74, 6) is 0.590. The van der Waals surface area contributed by atoms with Crippen LogP contribution in [0.2, 0.25) is 5.02 Å². The molecule has 2 aliphatic heterocycles. The van der Waals surface area contributed by atoms with Crippen molar-refractivity contribution in [1.82, 2.24) is 10.2 Å². The molecular weight excluding hydrogens is 302 g/mol. The fraction of sp³-hybridized carbons (Fsp3) is 0.500. The molecule has 0 spiro atoms. The Kier molecular flexibility index (Phi) is 4.89. The number of nitrogens with zero attached hydrogens (tertiary/aromatic N) is 1. The third-order valence-corrected chi connectivity index (χ3v) is 4.46. The zero-order chi connectivity index (χ0) is 13.4. The summed E-state index contributed by atoms with van der Waals surface area (Å²) < 4.78 is 13.4. The maximum Gasteiger partial charge on any atom is 0.253 e. The van der Waals surface area contributed by atoms with Crippen LogP contribution in [-0.2, 0) is 0 Å². The first-order valence-electron chi connectivity index (χ1n) is 6.60. The number of nitrogens with one attached hydrogen (secondary N) is 1. The number of piperidine rings is 1. The van der Waals surface area contributed by atoms with Crippen LogP contribution in [-0.4, -0.2) is 37.0 Å². The van der Waals surface area contributed by atoms with Crippen molar-refractivity contribution in [2.24, 2.45) is 11.8 Å². The van der Waals surface area contributed by atoms with Crippen molar-refractivity contribution in [1.29, 1.82) is 0 Å². The Bertz CT molecular complexity index is 512. The van der Waals surface area contributed by atoms with Crippen LogP contribution in [0, 0.1) is 17.7 Å². The molecular formula is C14H17Cl2FN2O. The number of hydrogen-bond donors (Lipinski definition) is 1. The van der Waals surface area contributed by atoms with Gasteiger partial charge >= 0.3 is 0 Å². The normalized spacial score (nSPS) is 25.0. The highest BCUT2D eigenvalue weighted by molar-refractivity contribution is 6.30. The average Bonchev–Trinajstić information content (AvgIpc) is 2.88. The lowest BCUT2D eigenvalue weighted by Crippen LogP contribution is -2.43. The minimum absolute atomic E-state index is 0. The molecule has 0 saturated carbocycles. The van der Waals surface area contributed by atoms with E-state index in [4.69, 9.17) is 11.6 Å². The van der Waals surface area contributed by atoms with Crippen LogP contribution < -0.4 is 5.32 Å². The van der Waals surface area contributed by atoms with Gasteiger partial charge in [0.25, 0.3) is 5.91 Å². The minimum Gasteiger partial charge on any atom is -0.338 e.